The molecule has 1 heterocycles. The van der Waals surface area contributed by atoms with Crippen molar-refractivity contribution in [3.05, 3.63) is 17.5 Å². The first-order valence-corrected chi connectivity index (χ1v) is 11.3. The lowest BCUT2D eigenvalue weighted by Gasteiger charge is -2.14. The van der Waals surface area contributed by atoms with Gasteiger partial charge in [0, 0.05) is 31.0 Å². The van der Waals surface area contributed by atoms with Gasteiger partial charge in [-0.05, 0) is 44.9 Å². The number of amides is 3. The van der Waals surface area contributed by atoms with Gasteiger partial charge in [-0.25, -0.2) is 0 Å². The summed E-state index contributed by atoms with van der Waals surface area (Å²) in [5.41, 5.74) is 0.321. The Kier molecular flexibility index (Phi) is 8.28. The maximum atomic E-state index is 12.1. The lowest BCUT2D eigenvalue weighted by atomic mass is 10.0. The smallest absolute Gasteiger partial charge is 0.273 e. The first-order chi connectivity index (χ1) is 14.5. The van der Waals surface area contributed by atoms with E-state index in [0.29, 0.717) is 30.5 Å². The third-order valence-electron chi connectivity index (χ3n) is 5.95. The van der Waals surface area contributed by atoms with Crippen LogP contribution in [0.1, 0.15) is 93.3 Å². The molecule has 0 spiro atoms. The van der Waals surface area contributed by atoms with Crippen molar-refractivity contribution in [3.63, 3.8) is 0 Å². The van der Waals surface area contributed by atoms with Crippen LogP contribution in [0.5, 0.6) is 0 Å². The maximum absolute atomic E-state index is 12.1. The Morgan fingerprint density at radius 1 is 1.13 bits per heavy atom. The third-order valence-corrected chi connectivity index (χ3v) is 5.95. The normalized spacial score (nSPS) is 17.5. The zero-order valence-electron chi connectivity index (χ0n) is 17.9. The minimum absolute atomic E-state index is 0.0140. The molecular formula is C22H34N4O4. The molecule has 1 unspecified atom stereocenters. The number of nitrogens with one attached hydrogen (secondary N) is 3. The molecule has 3 N–H and O–H groups in total. The van der Waals surface area contributed by atoms with Crippen molar-refractivity contribution < 1.29 is 18.9 Å². The molecule has 166 valence electrons. The van der Waals surface area contributed by atoms with Crippen LogP contribution in [-0.2, 0) is 9.59 Å². The van der Waals surface area contributed by atoms with Crippen LogP contribution < -0.4 is 16.0 Å². The summed E-state index contributed by atoms with van der Waals surface area (Å²) >= 11 is 0. The molecule has 2 fully saturated rings. The molecule has 1 atom stereocenters. The third kappa shape index (κ3) is 7.46. The standard InChI is InChI=1S/C22H34N4O4/c1-15(25-21(28)14-24-20(27)11-8-16-6-2-3-7-16)5-4-12-23-22(29)18-13-19(30-26-18)17-9-10-17/h13,15-17H,2-12,14H2,1H3,(H,23,29)(H,24,27)(H,25,28). The molecule has 3 amide bonds. The summed E-state index contributed by atoms with van der Waals surface area (Å²) in [5, 5.41) is 12.2. The second-order valence-electron chi connectivity index (χ2n) is 8.72. The van der Waals surface area contributed by atoms with Crippen molar-refractivity contribution in [2.24, 2.45) is 5.92 Å². The van der Waals surface area contributed by atoms with Gasteiger partial charge in [-0.15, -0.1) is 0 Å². The molecule has 0 aromatic carbocycles. The predicted octanol–water partition coefficient (Wildman–Crippen LogP) is 2.65. The zero-order chi connectivity index (χ0) is 21.3. The van der Waals surface area contributed by atoms with E-state index in [2.05, 4.69) is 21.1 Å². The second-order valence-corrected chi connectivity index (χ2v) is 8.72. The van der Waals surface area contributed by atoms with E-state index >= 15 is 0 Å². The lowest BCUT2D eigenvalue weighted by Crippen LogP contribution is -2.41. The largest absolute Gasteiger partial charge is 0.360 e. The number of aromatic nitrogens is 1. The minimum atomic E-state index is -0.234. The van der Waals surface area contributed by atoms with Gasteiger partial charge < -0.3 is 20.5 Å². The summed E-state index contributed by atoms with van der Waals surface area (Å²) < 4.78 is 5.19. The fraction of sp³-hybridized carbons (Fsp3) is 0.727. The van der Waals surface area contributed by atoms with Gasteiger partial charge in [-0.1, -0.05) is 30.8 Å². The molecule has 0 radical (unpaired) electrons. The Morgan fingerprint density at radius 3 is 2.63 bits per heavy atom. The average Bonchev–Trinajstić information content (AvgIpc) is 3.23. The van der Waals surface area contributed by atoms with E-state index in [4.69, 9.17) is 4.52 Å². The quantitative estimate of drug-likeness (QED) is 0.452. The number of hydrogen-bond donors (Lipinski definition) is 3. The molecule has 2 aliphatic carbocycles. The highest BCUT2D eigenvalue weighted by Crippen LogP contribution is 2.40. The van der Waals surface area contributed by atoms with Gasteiger partial charge in [0.25, 0.3) is 5.91 Å². The Hall–Kier alpha value is -2.38. The van der Waals surface area contributed by atoms with E-state index in [1.807, 2.05) is 6.92 Å². The first-order valence-electron chi connectivity index (χ1n) is 11.3. The van der Waals surface area contributed by atoms with Crippen LogP contribution >= 0.6 is 0 Å². The number of nitrogens with zero attached hydrogens (tertiary/aromatic N) is 1. The molecule has 2 saturated carbocycles. The molecule has 8 nitrogen and oxygen atoms in total. The molecule has 1 aromatic heterocycles. The van der Waals surface area contributed by atoms with E-state index in [1.54, 1.807) is 6.07 Å². The summed E-state index contributed by atoms with van der Waals surface area (Å²) in [6, 6.07) is 1.69. The first kappa shape index (κ1) is 22.3. The maximum Gasteiger partial charge on any atom is 0.273 e. The van der Waals surface area contributed by atoms with E-state index in [0.717, 1.165) is 37.9 Å². The second kappa shape index (κ2) is 11.1. The van der Waals surface area contributed by atoms with Crippen LogP contribution in [0.4, 0.5) is 0 Å². The van der Waals surface area contributed by atoms with Gasteiger partial charge in [-0.3, -0.25) is 14.4 Å². The van der Waals surface area contributed by atoms with Crippen LogP contribution in [0.15, 0.2) is 10.6 Å². The number of carbonyl (C=O) groups excluding carboxylic acids is 3. The van der Waals surface area contributed by atoms with Gasteiger partial charge in [0.2, 0.25) is 11.8 Å². The summed E-state index contributed by atoms with van der Waals surface area (Å²) in [7, 11) is 0. The van der Waals surface area contributed by atoms with Crippen molar-refractivity contribution in [2.45, 2.75) is 83.1 Å². The predicted molar refractivity (Wildman–Crippen MR) is 112 cm³/mol. The SMILES string of the molecule is CC(CCCNC(=O)c1cc(C2CC2)on1)NC(=O)CNC(=O)CCC1CCCC1. The molecule has 0 bridgehead atoms. The molecule has 3 rings (SSSR count). The summed E-state index contributed by atoms with van der Waals surface area (Å²) in [6.45, 7) is 2.43. The van der Waals surface area contributed by atoms with Crippen molar-refractivity contribution in [1.82, 2.24) is 21.1 Å². The molecule has 8 heteroatoms. The summed E-state index contributed by atoms with van der Waals surface area (Å²) in [5.74, 6) is 1.43. The summed E-state index contributed by atoms with van der Waals surface area (Å²) in [6.07, 6.45) is 10.1. The van der Waals surface area contributed by atoms with Crippen molar-refractivity contribution >= 4 is 17.7 Å². The van der Waals surface area contributed by atoms with Crippen molar-refractivity contribution in [1.29, 1.82) is 0 Å². The Balaban J connectivity index is 1.21. The van der Waals surface area contributed by atoms with Crippen molar-refractivity contribution in [3.8, 4) is 0 Å². The Morgan fingerprint density at radius 2 is 1.90 bits per heavy atom. The monoisotopic (exact) mass is 418 g/mol. The highest BCUT2D eigenvalue weighted by molar-refractivity contribution is 5.92. The molecule has 0 saturated heterocycles. The van der Waals surface area contributed by atoms with Crippen LogP contribution in [0, 0.1) is 5.92 Å². The van der Waals surface area contributed by atoms with Crippen LogP contribution in [0.25, 0.3) is 0 Å². The van der Waals surface area contributed by atoms with E-state index in [9.17, 15) is 14.4 Å². The number of carbonyl (C=O) groups is 3. The van der Waals surface area contributed by atoms with Gasteiger partial charge in [0.1, 0.15) is 5.76 Å². The van der Waals surface area contributed by atoms with Gasteiger partial charge in [0.15, 0.2) is 5.69 Å². The van der Waals surface area contributed by atoms with Gasteiger partial charge >= 0.3 is 0 Å². The average molecular weight is 419 g/mol. The highest BCUT2D eigenvalue weighted by Gasteiger charge is 2.28. The lowest BCUT2D eigenvalue weighted by molar-refractivity contribution is -0.126. The molecule has 2 aliphatic rings. The fourth-order valence-electron chi connectivity index (χ4n) is 3.96. The Labute approximate surface area is 177 Å². The van der Waals surface area contributed by atoms with E-state index in [-0.39, 0.29) is 30.3 Å². The molecule has 30 heavy (non-hydrogen) atoms. The van der Waals surface area contributed by atoms with Crippen LogP contribution in [0.3, 0.4) is 0 Å². The molecular weight excluding hydrogens is 384 g/mol. The van der Waals surface area contributed by atoms with Crippen LogP contribution in [0.2, 0.25) is 0 Å². The fourth-order valence-corrected chi connectivity index (χ4v) is 3.96. The number of rotatable bonds is 12. The molecule has 1 aromatic rings. The van der Waals surface area contributed by atoms with E-state index in [1.165, 1.54) is 25.7 Å². The Bertz CT molecular complexity index is 722. The number of hydrogen-bond acceptors (Lipinski definition) is 5. The van der Waals surface area contributed by atoms with E-state index < -0.39 is 0 Å². The highest BCUT2D eigenvalue weighted by atomic mass is 16.5. The van der Waals surface area contributed by atoms with Crippen LogP contribution in [-0.4, -0.2) is 42.0 Å². The van der Waals surface area contributed by atoms with Crippen molar-refractivity contribution in [2.75, 3.05) is 13.1 Å². The summed E-state index contributed by atoms with van der Waals surface area (Å²) in [4.78, 5) is 35.9. The molecule has 0 aliphatic heterocycles. The van der Waals surface area contributed by atoms with Gasteiger partial charge in [0.05, 0.1) is 6.54 Å². The minimum Gasteiger partial charge on any atom is -0.360 e. The van der Waals surface area contributed by atoms with Gasteiger partial charge in [-0.2, -0.15) is 0 Å². The topological polar surface area (TPSA) is 113 Å². The zero-order valence-corrected chi connectivity index (χ0v) is 17.9.